The number of nitrogens with one attached hydrogen (secondary N) is 1. The van der Waals surface area contributed by atoms with Crippen molar-refractivity contribution in [3.63, 3.8) is 0 Å². The van der Waals surface area contributed by atoms with Gasteiger partial charge in [-0.2, -0.15) is 5.10 Å². The molecule has 0 radical (unpaired) electrons. The summed E-state index contributed by atoms with van der Waals surface area (Å²) in [4.78, 5) is 17.5. The van der Waals surface area contributed by atoms with Gasteiger partial charge in [-0.05, 0) is 62.6 Å². The van der Waals surface area contributed by atoms with Gasteiger partial charge in [0.05, 0.1) is 35.0 Å². The summed E-state index contributed by atoms with van der Waals surface area (Å²) in [7, 11) is 0. The van der Waals surface area contributed by atoms with Crippen LogP contribution in [0.4, 0.5) is 5.69 Å². The molecule has 1 aliphatic carbocycles. The van der Waals surface area contributed by atoms with Crippen LogP contribution in [0.25, 0.3) is 5.69 Å². The first-order valence-corrected chi connectivity index (χ1v) is 10.5. The maximum absolute atomic E-state index is 12.8. The average Bonchev–Trinajstić information content (AvgIpc) is 3.11. The molecule has 0 atom stereocenters. The van der Waals surface area contributed by atoms with Crippen molar-refractivity contribution in [2.75, 3.05) is 5.32 Å². The summed E-state index contributed by atoms with van der Waals surface area (Å²) >= 11 is 5.96. The van der Waals surface area contributed by atoms with Gasteiger partial charge in [-0.3, -0.25) is 9.78 Å². The average molecular weight is 409 g/mol. The van der Waals surface area contributed by atoms with E-state index in [2.05, 4.69) is 22.3 Å². The van der Waals surface area contributed by atoms with Crippen molar-refractivity contribution in [1.29, 1.82) is 0 Å². The Labute approximate surface area is 176 Å². The predicted molar refractivity (Wildman–Crippen MR) is 116 cm³/mol. The third kappa shape index (κ3) is 4.20. The summed E-state index contributed by atoms with van der Waals surface area (Å²) in [5.41, 5.74) is 5.20. The van der Waals surface area contributed by atoms with Gasteiger partial charge in [0.15, 0.2) is 0 Å². The second kappa shape index (κ2) is 8.37. The van der Waals surface area contributed by atoms with Crippen LogP contribution in [0, 0.1) is 13.8 Å². The first-order chi connectivity index (χ1) is 14.0. The molecule has 0 aliphatic heterocycles. The van der Waals surface area contributed by atoms with E-state index in [1.807, 2.05) is 25.1 Å². The van der Waals surface area contributed by atoms with E-state index in [0.29, 0.717) is 22.2 Å². The number of carbonyl (C=O) groups is 1. The van der Waals surface area contributed by atoms with Crippen molar-refractivity contribution in [3.8, 4) is 5.69 Å². The largest absolute Gasteiger partial charge is 0.320 e. The molecule has 29 heavy (non-hydrogen) atoms. The fourth-order valence-corrected chi connectivity index (χ4v) is 4.26. The van der Waals surface area contributed by atoms with Crippen LogP contribution in [0.2, 0.25) is 5.02 Å². The highest BCUT2D eigenvalue weighted by molar-refractivity contribution is 6.30. The Morgan fingerprint density at radius 1 is 1.10 bits per heavy atom. The van der Waals surface area contributed by atoms with Crippen molar-refractivity contribution in [2.45, 2.75) is 51.9 Å². The summed E-state index contributed by atoms with van der Waals surface area (Å²) in [6.07, 6.45) is 9.67. The Morgan fingerprint density at radius 3 is 2.52 bits per heavy atom. The molecule has 1 N–H and O–H groups in total. The highest BCUT2D eigenvalue weighted by Crippen LogP contribution is 2.33. The summed E-state index contributed by atoms with van der Waals surface area (Å²) in [5, 5.41) is 8.00. The zero-order valence-corrected chi connectivity index (χ0v) is 17.5. The molecule has 1 amide bonds. The molecule has 5 nitrogen and oxygen atoms in total. The molecule has 0 unspecified atom stereocenters. The molecule has 2 aromatic heterocycles. The molecule has 0 saturated heterocycles. The third-order valence-corrected chi connectivity index (χ3v) is 5.95. The van der Waals surface area contributed by atoms with Crippen LogP contribution >= 0.6 is 11.6 Å². The van der Waals surface area contributed by atoms with Gasteiger partial charge in [0.2, 0.25) is 0 Å². The van der Waals surface area contributed by atoms with E-state index in [1.165, 1.54) is 37.8 Å². The van der Waals surface area contributed by atoms with E-state index in [1.54, 1.807) is 29.2 Å². The molecular weight excluding hydrogens is 384 g/mol. The Kier molecular flexibility index (Phi) is 5.67. The molecule has 0 spiro atoms. The normalized spacial score (nSPS) is 14.7. The lowest BCUT2D eigenvalue weighted by atomic mass is 9.85. The molecule has 0 bridgehead atoms. The zero-order chi connectivity index (χ0) is 20.4. The summed E-state index contributed by atoms with van der Waals surface area (Å²) in [6, 6.07) is 9.39. The van der Waals surface area contributed by atoms with Gasteiger partial charge in [-0.25, -0.2) is 4.68 Å². The number of amides is 1. The first-order valence-electron chi connectivity index (χ1n) is 10.1. The molecule has 1 aliphatic rings. The quantitative estimate of drug-likeness (QED) is 0.590. The van der Waals surface area contributed by atoms with Crippen LogP contribution in [-0.2, 0) is 0 Å². The van der Waals surface area contributed by atoms with Gasteiger partial charge in [0.25, 0.3) is 5.91 Å². The fraction of sp³-hybridized carbons (Fsp3) is 0.348. The van der Waals surface area contributed by atoms with Crippen molar-refractivity contribution in [1.82, 2.24) is 14.8 Å². The summed E-state index contributed by atoms with van der Waals surface area (Å²) < 4.78 is 1.74. The number of anilines is 1. The van der Waals surface area contributed by atoms with Crippen molar-refractivity contribution >= 4 is 23.2 Å². The van der Waals surface area contributed by atoms with Crippen LogP contribution in [0.15, 0.2) is 42.7 Å². The van der Waals surface area contributed by atoms with E-state index >= 15 is 0 Å². The SMILES string of the molecule is Cc1cc(NC(=O)c2cnn(-c3ccc(Cl)cc3)c2C)cnc1C1CCCCC1. The maximum Gasteiger partial charge on any atom is 0.259 e. The number of nitrogens with zero attached hydrogens (tertiary/aromatic N) is 3. The van der Waals surface area contributed by atoms with Crippen LogP contribution in [0.1, 0.15) is 65.3 Å². The third-order valence-electron chi connectivity index (χ3n) is 5.69. The second-order valence-electron chi connectivity index (χ2n) is 7.75. The van der Waals surface area contributed by atoms with Gasteiger partial charge in [-0.15, -0.1) is 0 Å². The highest BCUT2D eigenvalue weighted by atomic mass is 35.5. The van der Waals surface area contributed by atoms with Crippen LogP contribution in [-0.4, -0.2) is 20.7 Å². The zero-order valence-electron chi connectivity index (χ0n) is 16.8. The van der Waals surface area contributed by atoms with Crippen LogP contribution in [0.3, 0.4) is 0 Å². The number of hydrogen-bond donors (Lipinski definition) is 1. The lowest BCUT2D eigenvalue weighted by Gasteiger charge is -2.22. The number of pyridine rings is 1. The minimum absolute atomic E-state index is 0.186. The second-order valence-corrected chi connectivity index (χ2v) is 8.18. The van der Waals surface area contributed by atoms with E-state index in [0.717, 1.165) is 16.9 Å². The topological polar surface area (TPSA) is 59.8 Å². The van der Waals surface area contributed by atoms with Gasteiger partial charge < -0.3 is 5.32 Å². The molecule has 1 aromatic carbocycles. The molecule has 4 rings (SSSR count). The highest BCUT2D eigenvalue weighted by Gasteiger charge is 2.20. The number of aryl methyl sites for hydroxylation is 1. The Hall–Kier alpha value is -2.66. The van der Waals surface area contributed by atoms with Gasteiger partial charge in [0, 0.05) is 16.6 Å². The summed E-state index contributed by atoms with van der Waals surface area (Å²) in [5.74, 6) is 0.364. The number of carbonyl (C=O) groups excluding carboxylic acids is 1. The molecular formula is C23H25ClN4O. The Morgan fingerprint density at radius 2 is 1.83 bits per heavy atom. The van der Waals surface area contributed by atoms with Gasteiger partial charge >= 0.3 is 0 Å². The van der Waals surface area contributed by atoms with Crippen molar-refractivity contribution < 1.29 is 4.79 Å². The van der Waals surface area contributed by atoms with E-state index in [9.17, 15) is 4.79 Å². The molecule has 3 aromatic rings. The van der Waals surface area contributed by atoms with Gasteiger partial charge in [-0.1, -0.05) is 30.9 Å². The van der Waals surface area contributed by atoms with Gasteiger partial charge in [0.1, 0.15) is 0 Å². The number of aromatic nitrogens is 3. The molecule has 2 heterocycles. The molecule has 6 heteroatoms. The predicted octanol–water partition coefficient (Wildman–Crippen LogP) is 5.84. The van der Waals surface area contributed by atoms with Crippen LogP contribution in [0.5, 0.6) is 0 Å². The standard InChI is InChI=1S/C23H25ClN4O/c1-15-12-19(13-25-22(15)17-6-4-3-5-7-17)27-23(29)21-14-26-28(16(21)2)20-10-8-18(24)9-11-20/h8-14,17H,3-7H2,1-2H3,(H,27,29). The lowest BCUT2D eigenvalue weighted by Crippen LogP contribution is -2.14. The maximum atomic E-state index is 12.8. The van der Waals surface area contributed by atoms with E-state index < -0.39 is 0 Å². The number of rotatable bonds is 4. The Balaban J connectivity index is 1.51. The fourth-order valence-electron chi connectivity index (χ4n) is 4.13. The monoisotopic (exact) mass is 408 g/mol. The minimum Gasteiger partial charge on any atom is -0.320 e. The summed E-state index contributed by atoms with van der Waals surface area (Å²) in [6.45, 7) is 3.96. The number of benzene rings is 1. The Bertz CT molecular complexity index is 1020. The van der Waals surface area contributed by atoms with Crippen LogP contribution < -0.4 is 5.32 Å². The van der Waals surface area contributed by atoms with E-state index in [-0.39, 0.29) is 5.91 Å². The smallest absolute Gasteiger partial charge is 0.259 e. The number of hydrogen-bond acceptors (Lipinski definition) is 3. The molecule has 1 saturated carbocycles. The van der Waals surface area contributed by atoms with E-state index in [4.69, 9.17) is 11.6 Å². The molecule has 1 fully saturated rings. The van der Waals surface area contributed by atoms with Crippen molar-refractivity contribution in [2.24, 2.45) is 0 Å². The van der Waals surface area contributed by atoms with Crippen molar-refractivity contribution in [3.05, 3.63) is 70.3 Å². The first kappa shape index (κ1) is 19.6. The minimum atomic E-state index is -0.186. The molecule has 150 valence electrons. The number of halogens is 1. The lowest BCUT2D eigenvalue weighted by molar-refractivity contribution is 0.102.